The number of nitrogens with one attached hydrogen (secondary N) is 1. The SMILES string of the molecule is c1cc(NCn2nnc3ccccc32)c2nsnc2c1. The Bertz CT molecular complexity index is 880. The van der Waals surface area contributed by atoms with Crippen molar-refractivity contribution >= 4 is 39.5 Å². The largest absolute Gasteiger partial charge is 0.364 e. The molecular weight excluding hydrogens is 272 g/mol. The fourth-order valence-electron chi connectivity index (χ4n) is 2.14. The number of nitrogens with zero attached hydrogens (tertiary/aromatic N) is 5. The fraction of sp³-hybridized carbons (Fsp3) is 0.0769. The van der Waals surface area contributed by atoms with Gasteiger partial charge in [0.15, 0.2) is 0 Å². The maximum absolute atomic E-state index is 4.30. The summed E-state index contributed by atoms with van der Waals surface area (Å²) in [4.78, 5) is 0. The van der Waals surface area contributed by atoms with E-state index >= 15 is 0 Å². The van der Waals surface area contributed by atoms with Crippen LogP contribution in [-0.2, 0) is 6.67 Å². The first-order chi connectivity index (χ1) is 9.92. The highest BCUT2D eigenvalue weighted by Crippen LogP contribution is 2.21. The average molecular weight is 282 g/mol. The van der Waals surface area contributed by atoms with Crippen LogP contribution in [0.1, 0.15) is 0 Å². The third-order valence-corrected chi connectivity index (χ3v) is 3.67. The third-order valence-electron chi connectivity index (χ3n) is 3.13. The molecule has 2 aromatic carbocycles. The number of hydrogen-bond donors (Lipinski definition) is 1. The molecule has 0 unspecified atom stereocenters. The Morgan fingerprint density at radius 1 is 1.00 bits per heavy atom. The first-order valence-corrected chi connectivity index (χ1v) is 6.88. The van der Waals surface area contributed by atoms with Gasteiger partial charge in [-0.3, -0.25) is 0 Å². The van der Waals surface area contributed by atoms with Gasteiger partial charge in [-0.05, 0) is 24.3 Å². The molecule has 0 aliphatic rings. The first kappa shape index (κ1) is 11.3. The molecule has 98 valence electrons. The van der Waals surface area contributed by atoms with Gasteiger partial charge in [0.1, 0.15) is 23.2 Å². The molecule has 2 heterocycles. The summed E-state index contributed by atoms with van der Waals surface area (Å²) >= 11 is 1.22. The summed E-state index contributed by atoms with van der Waals surface area (Å²) in [7, 11) is 0. The lowest BCUT2D eigenvalue weighted by Crippen LogP contribution is -2.09. The van der Waals surface area contributed by atoms with Gasteiger partial charge in [0.05, 0.1) is 22.9 Å². The lowest BCUT2D eigenvalue weighted by Gasteiger charge is -2.07. The van der Waals surface area contributed by atoms with Crippen molar-refractivity contribution in [2.24, 2.45) is 0 Å². The maximum Gasteiger partial charge on any atom is 0.127 e. The number of benzene rings is 2. The van der Waals surface area contributed by atoms with E-state index in [1.165, 1.54) is 11.7 Å². The topological polar surface area (TPSA) is 68.5 Å². The number of para-hydroxylation sites is 1. The Labute approximate surface area is 118 Å². The van der Waals surface area contributed by atoms with Gasteiger partial charge < -0.3 is 5.32 Å². The van der Waals surface area contributed by atoms with Crippen LogP contribution in [0.5, 0.6) is 0 Å². The van der Waals surface area contributed by atoms with Crippen molar-refractivity contribution in [1.29, 1.82) is 0 Å². The molecule has 4 rings (SSSR count). The predicted octanol–water partition coefficient (Wildman–Crippen LogP) is 2.51. The van der Waals surface area contributed by atoms with Crippen molar-refractivity contribution in [1.82, 2.24) is 23.7 Å². The van der Waals surface area contributed by atoms with Crippen LogP contribution in [-0.4, -0.2) is 23.7 Å². The Kier molecular flexibility index (Phi) is 2.56. The molecule has 7 heteroatoms. The fourth-order valence-corrected chi connectivity index (χ4v) is 2.69. The minimum Gasteiger partial charge on any atom is -0.364 e. The monoisotopic (exact) mass is 282 g/mol. The minimum atomic E-state index is 0.539. The van der Waals surface area contributed by atoms with Crippen molar-refractivity contribution in [2.45, 2.75) is 6.67 Å². The first-order valence-electron chi connectivity index (χ1n) is 6.15. The van der Waals surface area contributed by atoms with E-state index in [9.17, 15) is 0 Å². The van der Waals surface area contributed by atoms with E-state index in [1.807, 2.05) is 47.1 Å². The van der Waals surface area contributed by atoms with Gasteiger partial charge in [0.2, 0.25) is 0 Å². The molecule has 0 saturated carbocycles. The molecule has 0 amide bonds. The van der Waals surface area contributed by atoms with E-state index in [-0.39, 0.29) is 0 Å². The zero-order valence-electron chi connectivity index (χ0n) is 10.4. The highest BCUT2D eigenvalue weighted by molar-refractivity contribution is 7.00. The second kappa shape index (κ2) is 4.53. The van der Waals surface area contributed by atoms with Gasteiger partial charge >= 0.3 is 0 Å². The van der Waals surface area contributed by atoms with Gasteiger partial charge in [-0.25, -0.2) is 4.68 Å². The number of aromatic nitrogens is 5. The van der Waals surface area contributed by atoms with Crippen molar-refractivity contribution in [3.63, 3.8) is 0 Å². The van der Waals surface area contributed by atoms with Crippen LogP contribution in [0.15, 0.2) is 42.5 Å². The van der Waals surface area contributed by atoms with E-state index in [4.69, 9.17) is 0 Å². The van der Waals surface area contributed by atoms with Crippen LogP contribution >= 0.6 is 11.7 Å². The second-order valence-corrected chi connectivity index (χ2v) is 4.88. The normalized spacial score (nSPS) is 11.2. The smallest absolute Gasteiger partial charge is 0.127 e. The summed E-state index contributed by atoms with van der Waals surface area (Å²) in [5.41, 5.74) is 4.65. The zero-order chi connectivity index (χ0) is 13.4. The molecule has 2 aromatic heterocycles. The van der Waals surface area contributed by atoms with E-state index in [0.717, 1.165) is 27.8 Å². The summed E-state index contributed by atoms with van der Waals surface area (Å²) in [6, 6.07) is 13.8. The summed E-state index contributed by atoms with van der Waals surface area (Å²) in [6.45, 7) is 0.539. The van der Waals surface area contributed by atoms with Crippen molar-refractivity contribution < 1.29 is 0 Å². The molecular formula is C13H10N6S. The molecule has 0 radical (unpaired) electrons. The number of anilines is 1. The highest BCUT2D eigenvalue weighted by Gasteiger charge is 2.06. The van der Waals surface area contributed by atoms with Gasteiger partial charge in [-0.2, -0.15) is 8.75 Å². The van der Waals surface area contributed by atoms with Crippen LogP contribution in [0.2, 0.25) is 0 Å². The van der Waals surface area contributed by atoms with E-state index < -0.39 is 0 Å². The quantitative estimate of drug-likeness (QED) is 0.625. The van der Waals surface area contributed by atoms with E-state index in [1.54, 1.807) is 0 Å². The number of rotatable bonds is 3. The van der Waals surface area contributed by atoms with Crippen molar-refractivity contribution in [3.8, 4) is 0 Å². The van der Waals surface area contributed by atoms with Crippen molar-refractivity contribution in [2.75, 3.05) is 5.32 Å². The Balaban J connectivity index is 1.66. The molecule has 0 spiro atoms. The summed E-state index contributed by atoms with van der Waals surface area (Å²) in [5, 5.41) is 11.6. The molecule has 0 fully saturated rings. The molecule has 0 aliphatic carbocycles. The summed E-state index contributed by atoms with van der Waals surface area (Å²) in [6.07, 6.45) is 0. The van der Waals surface area contributed by atoms with Crippen LogP contribution in [0.3, 0.4) is 0 Å². The molecule has 0 aliphatic heterocycles. The highest BCUT2D eigenvalue weighted by atomic mass is 32.1. The standard InChI is InChI=1S/C13H10N6S/c1-2-7-12-9(4-1)15-18-19(12)8-14-10-5-3-6-11-13(10)17-20-16-11/h1-7,14H,8H2. The Hall–Kier alpha value is -2.54. The molecule has 20 heavy (non-hydrogen) atoms. The lowest BCUT2D eigenvalue weighted by molar-refractivity contribution is 0.656. The summed E-state index contributed by atoms with van der Waals surface area (Å²) in [5.74, 6) is 0. The van der Waals surface area contributed by atoms with E-state index in [0.29, 0.717) is 6.67 Å². The maximum atomic E-state index is 4.30. The van der Waals surface area contributed by atoms with Gasteiger partial charge in [0, 0.05) is 0 Å². The molecule has 4 aromatic rings. The number of fused-ring (bicyclic) bond motifs is 2. The molecule has 0 saturated heterocycles. The Morgan fingerprint density at radius 3 is 2.90 bits per heavy atom. The van der Waals surface area contributed by atoms with Crippen LogP contribution < -0.4 is 5.32 Å². The molecule has 0 bridgehead atoms. The second-order valence-electron chi connectivity index (χ2n) is 4.35. The van der Waals surface area contributed by atoms with Crippen LogP contribution in [0.25, 0.3) is 22.1 Å². The van der Waals surface area contributed by atoms with Gasteiger partial charge in [0.25, 0.3) is 0 Å². The lowest BCUT2D eigenvalue weighted by atomic mass is 10.2. The molecule has 6 nitrogen and oxygen atoms in total. The average Bonchev–Trinajstić information content (AvgIpc) is 3.12. The van der Waals surface area contributed by atoms with Gasteiger partial charge in [-0.1, -0.05) is 23.4 Å². The predicted molar refractivity (Wildman–Crippen MR) is 78.6 cm³/mol. The third kappa shape index (κ3) is 1.79. The van der Waals surface area contributed by atoms with Crippen LogP contribution in [0.4, 0.5) is 5.69 Å². The van der Waals surface area contributed by atoms with Crippen molar-refractivity contribution in [3.05, 3.63) is 42.5 Å². The molecule has 0 atom stereocenters. The van der Waals surface area contributed by atoms with E-state index in [2.05, 4.69) is 24.4 Å². The van der Waals surface area contributed by atoms with Crippen LogP contribution in [0, 0.1) is 0 Å². The number of hydrogen-bond acceptors (Lipinski definition) is 6. The van der Waals surface area contributed by atoms with Gasteiger partial charge in [-0.15, -0.1) is 5.10 Å². The minimum absolute atomic E-state index is 0.539. The molecule has 1 N–H and O–H groups in total. The zero-order valence-corrected chi connectivity index (χ0v) is 11.2. The Morgan fingerprint density at radius 2 is 1.90 bits per heavy atom. The summed E-state index contributed by atoms with van der Waals surface area (Å²) < 4.78 is 10.4.